The summed E-state index contributed by atoms with van der Waals surface area (Å²) in [7, 11) is 0. The number of hydrogen-bond acceptors (Lipinski definition) is 3. The SMILES string of the molecule is CCCC1C(CC)CCC2C1CCC1(C)C(SCn3cc(C#N)cn3)CCC21. The zero-order valence-corrected chi connectivity index (χ0v) is 18.8. The minimum Gasteiger partial charge on any atom is -0.261 e. The van der Waals surface area contributed by atoms with Crippen LogP contribution in [0.4, 0.5) is 0 Å². The van der Waals surface area contributed by atoms with E-state index in [0.29, 0.717) is 11.0 Å². The third kappa shape index (κ3) is 3.53. The minimum absolute atomic E-state index is 0.507. The van der Waals surface area contributed by atoms with E-state index >= 15 is 0 Å². The molecule has 3 aliphatic rings. The molecule has 3 fully saturated rings. The van der Waals surface area contributed by atoms with Gasteiger partial charge in [0.1, 0.15) is 6.07 Å². The molecule has 0 spiro atoms. The quantitative estimate of drug-likeness (QED) is 0.549. The smallest absolute Gasteiger partial charge is 0.102 e. The van der Waals surface area contributed by atoms with Crippen LogP contribution in [0.15, 0.2) is 12.4 Å². The van der Waals surface area contributed by atoms with Gasteiger partial charge < -0.3 is 0 Å². The molecule has 154 valence electrons. The van der Waals surface area contributed by atoms with Gasteiger partial charge in [-0.25, -0.2) is 0 Å². The summed E-state index contributed by atoms with van der Waals surface area (Å²) in [6.45, 7) is 7.43. The van der Waals surface area contributed by atoms with Gasteiger partial charge in [-0.15, -0.1) is 11.8 Å². The van der Waals surface area contributed by atoms with Crippen molar-refractivity contribution in [2.24, 2.45) is 35.0 Å². The maximum absolute atomic E-state index is 9.02. The Bertz CT molecular complexity index is 707. The van der Waals surface area contributed by atoms with E-state index in [-0.39, 0.29) is 0 Å². The zero-order chi connectivity index (χ0) is 19.7. The molecule has 3 saturated carbocycles. The Hall–Kier alpha value is -0.950. The van der Waals surface area contributed by atoms with Crippen LogP contribution < -0.4 is 0 Å². The topological polar surface area (TPSA) is 41.6 Å². The van der Waals surface area contributed by atoms with Crippen LogP contribution in [0.3, 0.4) is 0 Å². The second-order valence-corrected chi connectivity index (χ2v) is 11.1. The van der Waals surface area contributed by atoms with E-state index in [1.807, 2.05) is 10.9 Å². The van der Waals surface area contributed by atoms with Crippen molar-refractivity contribution >= 4 is 11.8 Å². The molecular weight excluding hydrogens is 362 g/mol. The van der Waals surface area contributed by atoms with E-state index in [0.717, 1.165) is 40.7 Å². The van der Waals surface area contributed by atoms with E-state index in [1.165, 1.54) is 57.8 Å². The summed E-state index contributed by atoms with van der Waals surface area (Å²) in [4.78, 5) is 0. The lowest BCUT2D eigenvalue weighted by Crippen LogP contribution is -2.48. The molecule has 0 aromatic carbocycles. The molecule has 0 radical (unpaired) electrons. The normalized spacial score (nSPS) is 39.9. The number of nitriles is 1. The number of rotatable bonds is 6. The van der Waals surface area contributed by atoms with Crippen molar-refractivity contribution in [2.45, 2.75) is 89.7 Å². The molecule has 4 rings (SSSR count). The molecule has 3 aliphatic carbocycles. The van der Waals surface area contributed by atoms with Crippen LogP contribution in [-0.2, 0) is 5.88 Å². The first-order valence-electron chi connectivity index (χ1n) is 11.6. The molecule has 1 aromatic rings. The summed E-state index contributed by atoms with van der Waals surface area (Å²) < 4.78 is 1.95. The first kappa shape index (κ1) is 20.3. The van der Waals surface area contributed by atoms with Crippen molar-refractivity contribution in [1.29, 1.82) is 5.26 Å². The summed E-state index contributed by atoms with van der Waals surface area (Å²) >= 11 is 2.09. The molecule has 1 aromatic heterocycles. The van der Waals surface area contributed by atoms with Gasteiger partial charge in [0.2, 0.25) is 0 Å². The van der Waals surface area contributed by atoms with Crippen LogP contribution in [0, 0.1) is 46.3 Å². The van der Waals surface area contributed by atoms with Crippen LogP contribution in [0.5, 0.6) is 0 Å². The highest BCUT2D eigenvalue weighted by Crippen LogP contribution is 2.63. The van der Waals surface area contributed by atoms with Gasteiger partial charge in [-0.1, -0.05) is 40.0 Å². The lowest BCUT2D eigenvalue weighted by atomic mass is 9.52. The van der Waals surface area contributed by atoms with E-state index in [2.05, 4.69) is 43.7 Å². The van der Waals surface area contributed by atoms with Gasteiger partial charge in [0.05, 0.1) is 17.6 Å². The number of thioether (sulfide) groups is 1. The average molecular weight is 400 g/mol. The third-order valence-corrected chi connectivity index (χ3v) is 10.3. The fraction of sp³-hybridized carbons (Fsp3) is 0.833. The van der Waals surface area contributed by atoms with Crippen molar-refractivity contribution in [3.8, 4) is 6.07 Å². The molecule has 4 heteroatoms. The number of fused-ring (bicyclic) bond motifs is 3. The van der Waals surface area contributed by atoms with E-state index in [4.69, 9.17) is 5.26 Å². The number of hydrogen-bond donors (Lipinski definition) is 0. The Balaban J connectivity index is 1.44. The Kier molecular flexibility index (Phi) is 6.12. The molecule has 3 nitrogen and oxygen atoms in total. The highest BCUT2D eigenvalue weighted by Gasteiger charge is 2.56. The van der Waals surface area contributed by atoms with Gasteiger partial charge in [-0.3, -0.25) is 4.68 Å². The highest BCUT2D eigenvalue weighted by atomic mass is 32.2. The lowest BCUT2D eigenvalue weighted by Gasteiger charge is -2.54. The minimum atomic E-state index is 0.507. The summed E-state index contributed by atoms with van der Waals surface area (Å²) in [5, 5.41) is 14.1. The second kappa shape index (κ2) is 8.42. The van der Waals surface area contributed by atoms with Crippen LogP contribution in [0.25, 0.3) is 0 Å². The van der Waals surface area contributed by atoms with Gasteiger partial charge in [0.25, 0.3) is 0 Å². The van der Waals surface area contributed by atoms with Crippen molar-refractivity contribution in [3.05, 3.63) is 18.0 Å². The maximum Gasteiger partial charge on any atom is 0.102 e. The Morgan fingerprint density at radius 3 is 2.79 bits per heavy atom. The maximum atomic E-state index is 9.02. The molecule has 0 saturated heterocycles. The fourth-order valence-corrected chi connectivity index (χ4v) is 8.86. The van der Waals surface area contributed by atoms with Crippen molar-refractivity contribution < 1.29 is 0 Å². The number of aromatic nitrogens is 2. The summed E-state index contributed by atoms with van der Waals surface area (Å²) in [5.74, 6) is 5.81. The predicted molar refractivity (Wildman–Crippen MR) is 117 cm³/mol. The van der Waals surface area contributed by atoms with E-state index in [1.54, 1.807) is 6.20 Å². The van der Waals surface area contributed by atoms with Crippen LogP contribution in [0.1, 0.15) is 84.1 Å². The average Bonchev–Trinajstić information content (AvgIpc) is 3.30. The zero-order valence-electron chi connectivity index (χ0n) is 17.9. The second-order valence-electron chi connectivity index (χ2n) is 9.92. The molecule has 7 unspecified atom stereocenters. The van der Waals surface area contributed by atoms with Crippen LogP contribution in [0.2, 0.25) is 0 Å². The Morgan fingerprint density at radius 1 is 1.21 bits per heavy atom. The van der Waals surface area contributed by atoms with Crippen molar-refractivity contribution in [1.82, 2.24) is 9.78 Å². The fourth-order valence-electron chi connectivity index (χ4n) is 7.41. The van der Waals surface area contributed by atoms with Crippen LogP contribution >= 0.6 is 11.8 Å². The van der Waals surface area contributed by atoms with Crippen molar-refractivity contribution in [3.63, 3.8) is 0 Å². The molecule has 1 heterocycles. The lowest BCUT2D eigenvalue weighted by molar-refractivity contribution is -0.0390. The van der Waals surface area contributed by atoms with Gasteiger partial charge in [-0.2, -0.15) is 10.4 Å². The van der Waals surface area contributed by atoms with E-state index < -0.39 is 0 Å². The first-order valence-corrected chi connectivity index (χ1v) is 12.7. The van der Waals surface area contributed by atoms with Crippen LogP contribution in [-0.4, -0.2) is 15.0 Å². The summed E-state index contributed by atoms with van der Waals surface area (Å²) in [6.07, 6.45) is 16.5. The van der Waals surface area contributed by atoms with Gasteiger partial charge >= 0.3 is 0 Å². The number of nitrogens with zero attached hydrogens (tertiary/aromatic N) is 3. The standard InChI is InChI=1S/C24H37N3S/c1-4-6-19-18(5-2)7-8-21-20(19)11-12-24(3)22(21)9-10-23(24)28-16-27-15-17(13-25)14-26-27/h14-15,18-23H,4-12,16H2,1-3H3. The van der Waals surface area contributed by atoms with Gasteiger partial charge in [0.15, 0.2) is 0 Å². The molecule has 0 aliphatic heterocycles. The molecular formula is C24H37N3S. The summed E-state index contributed by atoms with van der Waals surface area (Å²) in [6, 6.07) is 2.19. The Labute approximate surface area is 175 Å². The molecule has 0 N–H and O–H groups in total. The van der Waals surface area contributed by atoms with E-state index in [9.17, 15) is 0 Å². The van der Waals surface area contributed by atoms with Gasteiger partial charge in [-0.05, 0) is 73.5 Å². The predicted octanol–water partition coefficient (Wildman–Crippen LogP) is 6.49. The molecule has 28 heavy (non-hydrogen) atoms. The molecule has 0 amide bonds. The van der Waals surface area contributed by atoms with Crippen molar-refractivity contribution in [2.75, 3.05) is 0 Å². The Morgan fingerprint density at radius 2 is 2.07 bits per heavy atom. The van der Waals surface area contributed by atoms with Gasteiger partial charge in [0, 0.05) is 11.4 Å². The monoisotopic (exact) mass is 399 g/mol. The largest absolute Gasteiger partial charge is 0.261 e. The highest BCUT2D eigenvalue weighted by molar-refractivity contribution is 7.99. The molecule has 7 atom stereocenters. The molecule has 0 bridgehead atoms. The third-order valence-electron chi connectivity index (χ3n) is 8.75. The summed E-state index contributed by atoms with van der Waals surface area (Å²) in [5.41, 5.74) is 1.18. The first-order chi connectivity index (χ1) is 13.6.